The number of nitrogens with one attached hydrogen (secondary N) is 1. The number of halogens is 2. The highest BCUT2D eigenvalue weighted by Gasteiger charge is 2.18. The lowest BCUT2D eigenvalue weighted by atomic mass is 10.2. The van der Waals surface area contributed by atoms with E-state index < -0.39 is 20.7 Å². The van der Waals surface area contributed by atoms with Crippen LogP contribution in [0.3, 0.4) is 0 Å². The number of sulfonamides is 1. The van der Waals surface area contributed by atoms with E-state index in [1.807, 2.05) is 0 Å². The first-order valence-corrected chi connectivity index (χ1v) is 7.89. The van der Waals surface area contributed by atoms with Crippen molar-refractivity contribution in [2.45, 2.75) is 11.4 Å². The number of benzene rings is 2. The topological polar surface area (TPSA) is 66.4 Å². The van der Waals surface area contributed by atoms with E-state index in [1.54, 1.807) is 12.1 Å². The van der Waals surface area contributed by atoms with E-state index >= 15 is 0 Å². The van der Waals surface area contributed by atoms with E-state index in [4.69, 9.17) is 0 Å². The van der Waals surface area contributed by atoms with Crippen molar-refractivity contribution in [1.29, 1.82) is 0 Å². The Kier molecular flexibility index (Phi) is 4.42. The largest absolute Gasteiger partial charge is 0.508 e. The Morgan fingerprint density at radius 3 is 2.60 bits per heavy atom. The summed E-state index contributed by atoms with van der Waals surface area (Å²) in [5, 5.41) is 9.29. The minimum atomic E-state index is -3.95. The summed E-state index contributed by atoms with van der Waals surface area (Å²) in [7, 11) is -3.95. The second kappa shape index (κ2) is 5.90. The van der Waals surface area contributed by atoms with Crippen molar-refractivity contribution >= 4 is 26.0 Å². The molecule has 0 aliphatic carbocycles. The van der Waals surface area contributed by atoms with Crippen molar-refractivity contribution in [2.24, 2.45) is 0 Å². The highest BCUT2D eigenvalue weighted by atomic mass is 79.9. The molecule has 0 unspecified atom stereocenters. The zero-order valence-electron chi connectivity index (χ0n) is 10.2. The molecule has 4 nitrogen and oxygen atoms in total. The predicted octanol–water partition coefficient (Wildman–Crippen LogP) is 2.77. The molecule has 0 aliphatic heterocycles. The second-order valence-corrected chi connectivity index (χ2v) is 6.72. The molecule has 2 aromatic rings. The number of phenolic OH excluding ortho intramolecular Hbond substituents is 1. The molecule has 0 radical (unpaired) electrons. The Labute approximate surface area is 124 Å². The Morgan fingerprint density at radius 2 is 1.95 bits per heavy atom. The number of aromatic hydroxyl groups is 1. The Balaban J connectivity index is 2.19. The van der Waals surface area contributed by atoms with Gasteiger partial charge in [0.15, 0.2) is 0 Å². The first-order chi connectivity index (χ1) is 9.38. The third-order valence-corrected chi connectivity index (χ3v) is 4.49. The molecule has 0 saturated carbocycles. The molecular weight excluding hydrogens is 349 g/mol. The summed E-state index contributed by atoms with van der Waals surface area (Å²) in [6.45, 7) is -0.0355. The van der Waals surface area contributed by atoms with Crippen LogP contribution in [0.15, 0.2) is 51.8 Å². The number of hydrogen-bond donors (Lipinski definition) is 2. The van der Waals surface area contributed by atoms with Gasteiger partial charge in [-0.1, -0.05) is 28.1 Å². The summed E-state index contributed by atoms with van der Waals surface area (Å²) >= 11 is 3.06. The van der Waals surface area contributed by atoms with E-state index in [2.05, 4.69) is 20.7 Å². The molecule has 2 N–H and O–H groups in total. The van der Waals surface area contributed by atoms with Gasteiger partial charge in [-0.05, 0) is 35.9 Å². The molecule has 106 valence electrons. The van der Waals surface area contributed by atoms with Crippen LogP contribution in [0, 0.1) is 5.82 Å². The third-order valence-electron chi connectivity index (χ3n) is 2.56. The van der Waals surface area contributed by atoms with Crippen LogP contribution in [-0.4, -0.2) is 13.5 Å². The molecule has 0 heterocycles. The lowest BCUT2D eigenvalue weighted by molar-refractivity contribution is 0.474. The fourth-order valence-electron chi connectivity index (χ4n) is 1.62. The molecule has 0 atom stereocenters. The van der Waals surface area contributed by atoms with Gasteiger partial charge in [-0.25, -0.2) is 17.5 Å². The van der Waals surface area contributed by atoms with E-state index in [0.717, 1.165) is 6.07 Å². The summed E-state index contributed by atoms with van der Waals surface area (Å²) in [4.78, 5) is -0.416. The van der Waals surface area contributed by atoms with Gasteiger partial charge in [-0.3, -0.25) is 0 Å². The average Bonchev–Trinajstić information content (AvgIpc) is 2.36. The van der Waals surface area contributed by atoms with Crippen LogP contribution in [0.4, 0.5) is 4.39 Å². The molecule has 0 fully saturated rings. The molecule has 0 saturated heterocycles. The molecule has 0 spiro atoms. The molecular formula is C13H11BrFNO3S. The second-order valence-electron chi connectivity index (χ2n) is 4.07. The maximum atomic E-state index is 13.6. The molecule has 2 aromatic carbocycles. The van der Waals surface area contributed by atoms with Gasteiger partial charge < -0.3 is 5.11 Å². The van der Waals surface area contributed by atoms with Gasteiger partial charge in [0, 0.05) is 11.0 Å². The van der Waals surface area contributed by atoms with Crippen molar-refractivity contribution in [3.05, 3.63) is 58.3 Å². The van der Waals surface area contributed by atoms with Gasteiger partial charge in [-0.2, -0.15) is 0 Å². The summed E-state index contributed by atoms with van der Waals surface area (Å²) in [6.07, 6.45) is 0. The first kappa shape index (κ1) is 15.0. The SMILES string of the molecule is O=S(=O)(NCc1cccc(O)c1)c1ccc(Br)cc1F. The summed E-state index contributed by atoms with van der Waals surface area (Å²) in [5.41, 5.74) is 0.575. The Bertz CT molecular complexity index is 734. The molecule has 2 rings (SSSR count). The zero-order chi connectivity index (χ0) is 14.8. The molecule has 0 bridgehead atoms. The first-order valence-electron chi connectivity index (χ1n) is 5.61. The van der Waals surface area contributed by atoms with Crippen LogP contribution in [0.2, 0.25) is 0 Å². The minimum Gasteiger partial charge on any atom is -0.508 e. The quantitative estimate of drug-likeness (QED) is 0.881. The van der Waals surface area contributed by atoms with Gasteiger partial charge in [0.1, 0.15) is 16.5 Å². The van der Waals surface area contributed by atoms with Crippen LogP contribution in [0.5, 0.6) is 5.75 Å². The van der Waals surface area contributed by atoms with Crippen LogP contribution < -0.4 is 4.72 Å². The summed E-state index contributed by atoms with van der Waals surface area (Å²) in [6, 6.07) is 9.88. The molecule has 0 aliphatic rings. The fourth-order valence-corrected chi connectivity index (χ4v) is 3.02. The molecule has 0 aromatic heterocycles. The van der Waals surface area contributed by atoms with E-state index in [0.29, 0.717) is 10.0 Å². The van der Waals surface area contributed by atoms with Crippen molar-refractivity contribution in [3.63, 3.8) is 0 Å². The normalized spacial score (nSPS) is 11.5. The van der Waals surface area contributed by atoms with Gasteiger partial charge >= 0.3 is 0 Å². The van der Waals surface area contributed by atoms with Gasteiger partial charge in [0.2, 0.25) is 10.0 Å². The number of rotatable bonds is 4. The van der Waals surface area contributed by atoms with Gasteiger partial charge in [-0.15, -0.1) is 0 Å². The van der Waals surface area contributed by atoms with Crippen molar-refractivity contribution in [3.8, 4) is 5.75 Å². The number of phenols is 1. The summed E-state index contributed by atoms with van der Waals surface area (Å²) in [5.74, 6) is -0.792. The number of hydrogen-bond acceptors (Lipinski definition) is 3. The lowest BCUT2D eigenvalue weighted by Crippen LogP contribution is -2.24. The monoisotopic (exact) mass is 359 g/mol. The van der Waals surface area contributed by atoms with Crippen molar-refractivity contribution in [1.82, 2.24) is 4.72 Å². The van der Waals surface area contributed by atoms with E-state index in [1.165, 1.54) is 24.3 Å². The van der Waals surface area contributed by atoms with Crippen LogP contribution in [0.25, 0.3) is 0 Å². The smallest absolute Gasteiger partial charge is 0.243 e. The average molecular weight is 360 g/mol. The molecule has 0 amide bonds. The Hall–Kier alpha value is -1.44. The standard InChI is InChI=1S/C13H11BrFNO3S/c14-10-4-5-13(12(15)7-10)20(18,19)16-8-9-2-1-3-11(17)6-9/h1-7,16-17H,8H2. The van der Waals surface area contributed by atoms with Gasteiger partial charge in [0.05, 0.1) is 0 Å². The fraction of sp³-hybridized carbons (Fsp3) is 0.0769. The maximum Gasteiger partial charge on any atom is 0.243 e. The van der Waals surface area contributed by atoms with E-state index in [9.17, 15) is 17.9 Å². The van der Waals surface area contributed by atoms with Crippen molar-refractivity contribution < 1.29 is 17.9 Å². The summed E-state index contributed by atoms with van der Waals surface area (Å²) < 4.78 is 40.4. The third kappa shape index (κ3) is 3.56. The zero-order valence-corrected chi connectivity index (χ0v) is 12.6. The molecule has 7 heteroatoms. The van der Waals surface area contributed by atoms with Crippen molar-refractivity contribution in [2.75, 3.05) is 0 Å². The van der Waals surface area contributed by atoms with Crippen LogP contribution in [-0.2, 0) is 16.6 Å². The maximum absolute atomic E-state index is 13.6. The predicted molar refractivity (Wildman–Crippen MR) is 76.2 cm³/mol. The highest BCUT2D eigenvalue weighted by Crippen LogP contribution is 2.19. The Morgan fingerprint density at radius 1 is 1.20 bits per heavy atom. The highest BCUT2D eigenvalue weighted by molar-refractivity contribution is 9.10. The van der Waals surface area contributed by atoms with Crippen LogP contribution >= 0.6 is 15.9 Å². The van der Waals surface area contributed by atoms with Crippen LogP contribution in [0.1, 0.15) is 5.56 Å². The molecule has 20 heavy (non-hydrogen) atoms. The lowest BCUT2D eigenvalue weighted by Gasteiger charge is -2.08. The van der Waals surface area contributed by atoms with E-state index in [-0.39, 0.29) is 12.3 Å². The van der Waals surface area contributed by atoms with Gasteiger partial charge in [0.25, 0.3) is 0 Å². The minimum absolute atomic E-state index is 0.0355.